The molecule has 8 heteroatoms. The molecule has 0 aliphatic rings. The van der Waals surface area contributed by atoms with Crippen LogP contribution in [0.15, 0.2) is 84.9 Å². The maximum atomic E-state index is 14.9. The zero-order valence-corrected chi connectivity index (χ0v) is 24.7. The fourth-order valence-corrected chi connectivity index (χ4v) is 5.12. The van der Waals surface area contributed by atoms with E-state index in [1.165, 1.54) is 6.07 Å². The number of halogens is 2. The van der Waals surface area contributed by atoms with Crippen LogP contribution in [0.25, 0.3) is 11.1 Å². The molecular formula is C35H32ClFN2O4. The molecule has 0 fully saturated rings. The van der Waals surface area contributed by atoms with Crippen molar-refractivity contribution in [2.75, 3.05) is 6.54 Å². The minimum absolute atomic E-state index is 0.0388. The number of carboxylic acids is 1. The Morgan fingerprint density at radius 2 is 1.70 bits per heavy atom. The van der Waals surface area contributed by atoms with Crippen LogP contribution in [0, 0.1) is 24.1 Å². The van der Waals surface area contributed by atoms with Gasteiger partial charge in [0.05, 0.1) is 18.1 Å². The number of ether oxygens (including phenoxy) is 1. The third-order valence-corrected chi connectivity index (χ3v) is 7.38. The van der Waals surface area contributed by atoms with Crippen molar-refractivity contribution >= 4 is 23.5 Å². The van der Waals surface area contributed by atoms with Gasteiger partial charge in [-0.1, -0.05) is 61.3 Å². The lowest BCUT2D eigenvalue weighted by Gasteiger charge is -2.29. The van der Waals surface area contributed by atoms with Gasteiger partial charge >= 0.3 is 5.97 Å². The third-order valence-electron chi connectivity index (χ3n) is 7.12. The van der Waals surface area contributed by atoms with Gasteiger partial charge < -0.3 is 15.2 Å². The van der Waals surface area contributed by atoms with Crippen LogP contribution in [0.5, 0.6) is 5.75 Å². The van der Waals surface area contributed by atoms with E-state index in [4.69, 9.17) is 21.4 Å². The van der Waals surface area contributed by atoms with Gasteiger partial charge in [-0.25, -0.2) is 4.39 Å². The molecule has 0 aliphatic carbocycles. The Morgan fingerprint density at radius 1 is 1.00 bits per heavy atom. The molecule has 2 atom stereocenters. The van der Waals surface area contributed by atoms with Gasteiger partial charge in [0.25, 0.3) is 5.91 Å². The average Bonchev–Trinajstić information content (AvgIpc) is 2.99. The topological polar surface area (TPSA) is 99.4 Å². The molecule has 4 aromatic rings. The first-order valence-corrected chi connectivity index (χ1v) is 14.4. The predicted molar refractivity (Wildman–Crippen MR) is 165 cm³/mol. The number of carbonyl (C=O) groups is 2. The van der Waals surface area contributed by atoms with Crippen LogP contribution >= 0.6 is 11.6 Å². The normalized spacial score (nSPS) is 12.2. The monoisotopic (exact) mass is 598 g/mol. The van der Waals surface area contributed by atoms with Crippen LogP contribution in [-0.2, 0) is 4.79 Å². The molecule has 0 aromatic heterocycles. The van der Waals surface area contributed by atoms with Crippen molar-refractivity contribution in [1.29, 1.82) is 5.26 Å². The largest absolute Gasteiger partial charge is 0.485 e. The Bertz CT molecular complexity index is 1630. The fraction of sp³-hybridized carbons (Fsp3) is 0.229. The predicted octanol–water partition coefficient (Wildman–Crippen LogP) is 8.23. The third kappa shape index (κ3) is 8.21. The molecule has 43 heavy (non-hydrogen) atoms. The van der Waals surface area contributed by atoms with Gasteiger partial charge in [0, 0.05) is 28.6 Å². The standard InChI is InChI=1S/C35H32ClFN2O4/c1-3-4-31(24-6-8-26(9-7-24)35(42)39-16-15-33(40)41)34(25-10-12-28(36)13-11-25)43-29-19-23(21-38)18-27(20-29)30-14-5-22(2)17-32(30)37/h5-14,17-20,31,34H,3-4,15-16H2,1-2H3,(H,39,42)(H,40,41)/t31-,34+/m1/s1. The summed E-state index contributed by atoms with van der Waals surface area (Å²) in [6.07, 6.45) is 0.924. The summed E-state index contributed by atoms with van der Waals surface area (Å²) in [7, 11) is 0. The number of aliphatic carboxylic acids is 1. The highest BCUT2D eigenvalue weighted by Crippen LogP contribution is 2.40. The molecule has 0 radical (unpaired) electrons. The molecule has 0 saturated carbocycles. The molecule has 4 aromatic carbocycles. The number of hydrogen-bond acceptors (Lipinski definition) is 4. The van der Waals surface area contributed by atoms with E-state index in [9.17, 15) is 19.2 Å². The Balaban J connectivity index is 1.71. The van der Waals surface area contributed by atoms with E-state index in [1.807, 2.05) is 37.3 Å². The van der Waals surface area contributed by atoms with Crippen molar-refractivity contribution in [1.82, 2.24) is 5.32 Å². The number of carboxylic acid groups (broad SMARTS) is 1. The molecule has 0 bridgehead atoms. The van der Waals surface area contributed by atoms with E-state index in [0.717, 1.165) is 29.5 Å². The maximum Gasteiger partial charge on any atom is 0.305 e. The number of nitriles is 1. The van der Waals surface area contributed by atoms with Crippen LogP contribution in [0.1, 0.15) is 70.8 Å². The second-order valence-electron chi connectivity index (χ2n) is 10.3. The van der Waals surface area contributed by atoms with Crippen molar-refractivity contribution < 1.29 is 23.8 Å². The summed E-state index contributed by atoms with van der Waals surface area (Å²) in [5.41, 5.74) is 4.26. The summed E-state index contributed by atoms with van der Waals surface area (Å²) < 4.78 is 21.6. The molecule has 220 valence electrons. The second kappa shape index (κ2) is 14.5. The zero-order chi connectivity index (χ0) is 30.9. The highest BCUT2D eigenvalue weighted by Gasteiger charge is 2.27. The van der Waals surface area contributed by atoms with E-state index >= 15 is 0 Å². The summed E-state index contributed by atoms with van der Waals surface area (Å²) in [6, 6.07) is 26.7. The van der Waals surface area contributed by atoms with E-state index in [-0.39, 0.29) is 30.6 Å². The summed E-state index contributed by atoms with van der Waals surface area (Å²) in [6.45, 7) is 3.93. The number of hydrogen-bond donors (Lipinski definition) is 2. The Kier molecular flexibility index (Phi) is 10.5. The minimum atomic E-state index is -0.984. The van der Waals surface area contributed by atoms with Gasteiger partial charge in [-0.05, 0) is 84.1 Å². The highest BCUT2D eigenvalue weighted by molar-refractivity contribution is 6.30. The number of rotatable bonds is 12. The van der Waals surface area contributed by atoms with Gasteiger partial charge in [-0.2, -0.15) is 5.26 Å². The lowest BCUT2D eigenvalue weighted by atomic mass is 9.85. The summed E-state index contributed by atoms with van der Waals surface area (Å²) >= 11 is 6.21. The molecule has 0 heterocycles. The SMILES string of the molecule is CCC[C@H](c1ccc(C(=O)NCCC(=O)O)cc1)[C@@H](Oc1cc(C#N)cc(-c2ccc(C)cc2F)c1)c1ccc(Cl)cc1. The lowest BCUT2D eigenvalue weighted by Crippen LogP contribution is -2.26. The lowest BCUT2D eigenvalue weighted by molar-refractivity contribution is -0.136. The highest BCUT2D eigenvalue weighted by atomic mass is 35.5. The summed E-state index contributed by atoms with van der Waals surface area (Å²) in [5, 5.41) is 21.8. The van der Waals surface area contributed by atoms with E-state index in [0.29, 0.717) is 33.0 Å². The maximum absolute atomic E-state index is 14.9. The Morgan fingerprint density at radius 3 is 2.33 bits per heavy atom. The molecule has 0 spiro atoms. The number of amides is 1. The zero-order valence-electron chi connectivity index (χ0n) is 23.9. The molecular weight excluding hydrogens is 567 g/mol. The van der Waals surface area contributed by atoms with Crippen molar-refractivity contribution in [2.24, 2.45) is 0 Å². The second-order valence-corrected chi connectivity index (χ2v) is 10.8. The van der Waals surface area contributed by atoms with Crippen LogP contribution in [-0.4, -0.2) is 23.5 Å². The number of benzene rings is 4. The number of nitrogens with zero attached hydrogens (tertiary/aromatic N) is 1. The van der Waals surface area contributed by atoms with Gasteiger partial charge in [0.15, 0.2) is 0 Å². The van der Waals surface area contributed by atoms with Crippen molar-refractivity contribution in [3.63, 3.8) is 0 Å². The summed E-state index contributed by atoms with van der Waals surface area (Å²) in [5.74, 6) is -1.45. The molecule has 0 aliphatic heterocycles. The Labute approximate surface area is 255 Å². The molecule has 0 saturated heterocycles. The van der Waals surface area contributed by atoms with Crippen LogP contribution in [0.3, 0.4) is 0 Å². The molecule has 0 unspecified atom stereocenters. The quantitative estimate of drug-likeness (QED) is 0.171. The van der Waals surface area contributed by atoms with Crippen LogP contribution < -0.4 is 10.1 Å². The van der Waals surface area contributed by atoms with Crippen LogP contribution in [0.2, 0.25) is 5.02 Å². The van der Waals surface area contributed by atoms with Gasteiger partial charge in [0.1, 0.15) is 17.7 Å². The summed E-state index contributed by atoms with van der Waals surface area (Å²) in [4.78, 5) is 23.3. The minimum Gasteiger partial charge on any atom is -0.485 e. The van der Waals surface area contributed by atoms with Gasteiger partial charge in [0.2, 0.25) is 0 Å². The van der Waals surface area contributed by atoms with Crippen molar-refractivity contribution in [3.05, 3.63) is 124 Å². The smallest absolute Gasteiger partial charge is 0.305 e. The van der Waals surface area contributed by atoms with Crippen LogP contribution in [0.4, 0.5) is 4.39 Å². The molecule has 2 N–H and O–H groups in total. The molecule has 1 amide bonds. The first-order chi connectivity index (χ1) is 20.7. The van der Waals surface area contributed by atoms with E-state index in [1.54, 1.807) is 48.5 Å². The first kappa shape index (κ1) is 31.3. The van der Waals surface area contributed by atoms with Crippen molar-refractivity contribution in [3.8, 4) is 22.9 Å². The molecule has 6 nitrogen and oxygen atoms in total. The number of carbonyl (C=O) groups excluding carboxylic acids is 1. The first-order valence-electron chi connectivity index (χ1n) is 14.0. The van der Waals surface area contributed by atoms with Gasteiger partial charge in [-0.3, -0.25) is 9.59 Å². The average molecular weight is 599 g/mol. The Hall–Kier alpha value is -4.67. The van der Waals surface area contributed by atoms with Gasteiger partial charge in [-0.15, -0.1) is 0 Å². The molecule has 4 rings (SSSR count). The van der Waals surface area contributed by atoms with E-state index < -0.39 is 12.1 Å². The van der Waals surface area contributed by atoms with E-state index in [2.05, 4.69) is 18.3 Å². The number of aryl methyl sites for hydroxylation is 1. The van der Waals surface area contributed by atoms with Crippen molar-refractivity contribution in [2.45, 2.75) is 45.1 Å². The fourth-order valence-electron chi connectivity index (χ4n) is 4.99. The number of nitrogens with one attached hydrogen (secondary N) is 1.